The SMILES string of the molecule is Cn1cnnc1C1CCN(c2ccc3nnc(-c4ccsc4)n3n2)CC1. The van der Waals surface area contributed by atoms with Crippen LogP contribution in [0.15, 0.2) is 35.3 Å². The molecule has 1 saturated heterocycles. The van der Waals surface area contributed by atoms with E-state index >= 15 is 0 Å². The van der Waals surface area contributed by atoms with Gasteiger partial charge in [-0.15, -0.1) is 25.5 Å². The van der Waals surface area contributed by atoms with Crippen LogP contribution in [0.25, 0.3) is 17.0 Å². The van der Waals surface area contributed by atoms with Gasteiger partial charge in [0.1, 0.15) is 18.0 Å². The Hall–Kier alpha value is -2.81. The molecule has 0 radical (unpaired) electrons. The van der Waals surface area contributed by atoms with Crippen LogP contribution in [-0.2, 0) is 7.05 Å². The molecule has 26 heavy (non-hydrogen) atoms. The van der Waals surface area contributed by atoms with Crippen LogP contribution in [0.1, 0.15) is 24.6 Å². The number of nitrogens with zero attached hydrogens (tertiary/aromatic N) is 8. The highest BCUT2D eigenvalue weighted by atomic mass is 32.1. The molecule has 4 aromatic heterocycles. The van der Waals surface area contributed by atoms with Crippen LogP contribution < -0.4 is 4.90 Å². The Kier molecular flexibility index (Phi) is 3.66. The molecule has 0 atom stereocenters. The second-order valence-corrected chi connectivity index (χ2v) is 7.34. The van der Waals surface area contributed by atoms with Crippen LogP contribution in [0.3, 0.4) is 0 Å². The predicted molar refractivity (Wildman–Crippen MR) is 99.3 cm³/mol. The second kappa shape index (κ2) is 6.17. The normalized spacial score (nSPS) is 15.8. The summed E-state index contributed by atoms with van der Waals surface area (Å²) in [6, 6.07) is 6.06. The molecule has 0 bridgehead atoms. The van der Waals surface area contributed by atoms with Crippen molar-refractivity contribution in [2.75, 3.05) is 18.0 Å². The summed E-state index contributed by atoms with van der Waals surface area (Å²) in [5, 5.41) is 25.7. The van der Waals surface area contributed by atoms with E-state index in [1.54, 1.807) is 17.7 Å². The van der Waals surface area contributed by atoms with Gasteiger partial charge in [0, 0.05) is 37.0 Å². The molecule has 1 fully saturated rings. The first-order chi connectivity index (χ1) is 12.8. The van der Waals surface area contributed by atoms with E-state index in [1.165, 1.54) is 0 Å². The Balaban J connectivity index is 1.40. The van der Waals surface area contributed by atoms with Gasteiger partial charge in [0.15, 0.2) is 11.5 Å². The van der Waals surface area contributed by atoms with Gasteiger partial charge < -0.3 is 9.47 Å². The minimum atomic E-state index is 0.457. The van der Waals surface area contributed by atoms with Gasteiger partial charge in [0.05, 0.1) is 0 Å². The molecule has 4 aromatic rings. The number of aromatic nitrogens is 7. The Morgan fingerprint density at radius 2 is 1.96 bits per heavy atom. The van der Waals surface area contributed by atoms with Gasteiger partial charge in [-0.2, -0.15) is 15.9 Å². The zero-order chi connectivity index (χ0) is 17.5. The third-order valence-electron chi connectivity index (χ3n) is 4.96. The summed E-state index contributed by atoms with van der Waals surface area (Å²) in [7, 11) is 2.01. The van der Waals surface area contributed by atoms with Crippen molar-refractivity contribution in [3.63, 3.8) is 0 Å². The maximum Gasteiger partial charge on any atom is 0.186 e. The van der Waals surface area contributed by atoms with Gasteiger partial charge in [0.25, 0.3) is 0 Å². The Morgan fingerprint density at radius 1 is 1.08 bits per heavy atom. The number of fused-ring (bicyclic) bond motifs is 1. The molecule has 0 amide bonds. The van der Waals surface area contributed by atoms with Gasteiger partial charge >= 0.3 is 0 Å². The number of rotatable bonds is 3. The fourth-order valence-electron chi connectivity index (χ4n) is 3.55. The van der Waals surface area contributed by atoms with E-state index in [1.807, 2.05) is 39.7 Å². The van der Waals surface area contributed by atoms with Crippen molar-refractivity contribution in [1.29, 1.82) is 0 Å². The highest BCUT2D eigenvalue weighted by Crippen LogP contribution is 2.29. The van der Waals surface area contributed by atoms with Crippen LogP contribution >= 0.6 is 11.3 Å². The molecule has 5 heterocycles. The number of aryl methyl sites for hydroxylation is 1. The van der Waals surface area contributed by atoms with Gasteiger partial charge in [-0.25, -0.2) is 0 Å². The first-order valence-electron chi connectivity index (χ1n) is 8.63. The van der Waals surface area contributed by atoms with Crippen molar-refractivity contribution in [3.8, 4) is 11.4 Å². The maximum absolute atomic E-state index is 4.81. The molecule has 1 aliphatic rings. The molecular weight excluding hydrogens is 348 g/mol. The summed E-state index contributed by atoms with van der Waals surface area (Å²) in [6.45, 7) is 1.90. The van der Waals surface area contributed by atoms with Gasteiger partial charge in [-0.05, 0) is 36.4 Å². The van der Waals surface area contributed by atoms with E-state index < -0.39 is 0 Å². The van der Waals surface area contributed by atoms with Gasteiger partial charge in [-0.1, -0.05) is 0 Å². The van der Waals surface area contributed by atoms with E-state index in [-0.39, 0.29) is 0 Å². The number of anilines is 1. The topological polar surface area (TPSA) is 77.0 Å². The third-order valence-corrected chi connectivity index (χ3v) is 5.64. The van der Waals surface area contributed by atoms with Crippen LogP contribution in [0.2, 0.25) is 0 Å². The average Bonchev–Trinajstić information content (AvgIpc) is 3.41. The van der Waals surface area contributed by atoms with Crippen molar-refractivity contribution in [2.45, 2.75) is 18.8 Å². The van der Waals surface area contributed by atoms with Crippen molar-refractivity contribution < 1.29 is 0 Å². The standard InChI is InChI=1S/C17H18N8S/c1-23-11-18-20-16(23)12-4-7-24(8-5-12)15-3-2-14-19-21-17(25(14)22-15)13-6-9-26-10-13/h2-3,6,9-12H,4-5,7-8H2,1H3. The van der Waals surface area contributed by atoms with E-state index in [0.29, 0.717) is 5.92 Å². The van der Waals surface area contributed by atoms with Crippen molar-refractivity contribution in [2.24, 2.45) is 7.05 Å². The lowest BCUT2D eigenvalue weighted by Crippen LogP contribution is -2.34. The van der Waals surface area contributed by atoms with Crippen molar-refractivity contribution in [1.82, 2.24) is 34.6 Å². The molecule has 0 aliphatic carbocycles. The minimum absolute atomic E-state index is 0.457. The third kappa shape index (κ3) is 2.55. The highest BCUT2D eigenvalue weighted by Gasteiger charge is 2.25. The zero-order valence-corrected chi connectivity index (χ0v) is 15.2. The Labute approximate surface area is 154 Å². The largest absolute Gasteiger partial charge is 0.355 e. The molecule has 0 aromatic carbocycles. The van der Waals surface area contributed by atoms with E-state index in [2.05, 4.69) is 30.7 Å². The zero-order valence-electron chi connectivity index (χ0n) is 14.4. The molecule has 9 heteroatoms. The van der Waals surface area contributed by atoms with E-state index in [9.17, 15) is 0 Å². The molecule has 0 saturated carbocycles. The quantitative estimate of drug-likeness (QED) is 0.554. The number of hydrogen-bond donors (Lipinski definition) is 0. The van der Waals surface area contributed by atoms with Crippen LogP contribution in [0.4, 0.5) is 5.82 Å². The van der Waals surface area contributed by atoms with E-state index in [4.69, 9.17) is 5.10 Å². The van der Waals surface area contributed by atoms with Crippen molar-refractivity contribution >= 4 is 22.8 Å². The molecule has 0 spiro atoms. The first kappa shape index (κ1) is 15.4. The lowest BCUT2D eigenvalue weighted by atomic mass is 9.96. The molecule has 5 rings (SSSR count). The monoisotopic (exact) mass is 366 g/mol. The molecule has 1 aliphatic heterocycles. The van der Waals surface area contributed by atoms with E-state index in [0.717, 1.165) is 54.6 Å². The summed E-state index contributed by atoms with van der Waals surface area (Å²) in [5.41, 5.74) is 1.82. The number of piperidine rings is 1. The summed E-state index contributed by atoms with van der Waals surface area (Å²) in [4.78, 5) is 2.32. The summed E-state index contributed by atoms with van der Waals surface area (Å²) >= 11 is 1.65. The van der Waals surface area contributed by atoms with Crippen molar-refractivity contribution in [3.05, 3.63) is 41.1 Å². The number of thiophene rings is 1. The molecule has 0 unspecified atom stereocenters. The van der Waals surface area contributed by atoms with Gasteiger partial charge in [0.2, 0.25) is 0 Å². The highest BCUT2D eigenvalue weighted by molar-refractivity contribution is 7.08. The summed E-state index contributed by atoms with van der Waals surface area (Å²) < 4.78 is 3.86. The van der Waals surface area contributed by atoms with Crippen LogP contribution in [0.5, 0.6) is 0 Å². The molecule has 8 nitrogen and oxygen atoms in total. The Bertz CT molecular complexity index is 1030. The number of hydrogen-bond acceptors (Lipinski definition) is 7. The lowest BCUT2D eigenvalue weighted by Gasteiger charge is -2.32. The lowest BCUT2D eigenvalue weighted by molar-refractivity contribution is 0.471. The van der Waals surface area contributed by atoms with Crippen LogP contribution in [0, 0.1) is 0 Å². The Morgan fingerprint density at radius 3 is 2.69 bits per heavy atom. The molecular formula is C17H18N8S. The van der Waals surface area contributed by atoms with Gasteiger partial charge in [-0.3, -0.25) is 0 Å². The first-order valence-corrected chi connectivity index (χ1v) is 9.58. The average molecular weight is 366 g/mol. The smallest absolute Gasteiger partial charge is 0.186 e. The molecule has 132 valence electrons. The maximum atomic E-state index is 4.81. The fraction of sp³-hybridized carbons (Fsp3) is 0.353. The second-order valence-electron chi connectivity index (χ2n) is 6.56. The summed E-state index contributed by atoms with van der Waals surface area (Å²) in [5.74, 6) is 3.28. The van der Waals surface area contributed by atoms with Crippen LogP contribution in [-0.4, -0.2) is 47.7 Å². The minimum Gasteiger partial charge on any atom is -0.355 e. The fourth-order valence-corrected chi connectivity index (χ4v) is 4.18. The predicted octanol–water partition coefficient (Wildman–Crippen LogP) is 2.37. The molecule has 0 N–H and O–H groups in total. The summed E-state index contributed by atoms with van der Waals surface area (Å²) in [6.07, 6.45) is 3.87.